The standard InChI is InChI=1S/C14H19BrClNO/c1-17(9-11-3-2-6-18-10-11)14-5-4-13(15)7-12(14)8-16/h4-5,7,11H,2-3,6,8-10H2,1H3. The maximum absolute atomic E-state index is 6.02. The van der Waals surface area contributed by atoms with Gasteiger partial charge in [0.25, 0.3) is 0 Å². The van der Waals surface area contributed by atoms with Crippen molar-refractivity contribution in [2.75, 3.05) is 31.7 Å². The summed E-state index contributed by atoms with van der Waals surface area (Å²) in [4.78, 5) is 2.30. The predicted octanol–water partition coefficient (Wildman–Crippen LogP) is 4.05. The predicted molar refractivity (Wildman–Crippen MR) is 80.5 cm³/mol. The zero-order valence-corrected chi connectivity index (χ0v) is 13.0. The molecule has 0 aromatic heterocycles. The third kappa shape index (κ3) is 3.62. The van der Waals surface area contributed by atoms with Crippen molar-refractivity contribution in [1.82, 2.24) is 0 Å². The van der Waals surface area contributed by atoms with Crippen LogP contribution in [-0.4, -0.2) is 26.8 Å². The zero-order valence-electron chi connectivity index (χ0n) is 10.7. The molecule has 0 aliphatic carbocycles. The molecule has 1 aliphatic rings. The molecular formula is C14H19BrClNO. The molecule has 1 saturated heterocycles. The number of ether oxygens (including phenoxy) is 1. The Bertz CT molecular complexity index is 393. The Kier molecular flexibility index (Phi) is 5.34. The second-order valence-corrected chi connectivity index (χ2v) is 6.05. The molecule has 0 bridgehead atoms. The van der Waals surface area contributed by atoms with Crippen LogP contribution in [0.25, 0.3) is 0 Å². The van der Waals surface area contributed by atoms with Crippen LogP contribution in [-0.2, 0) is 10.6 Å². The Hall–Kier alpha value is -0.250. The fourth-order valence-corrected chi connectivity index (χ4v) is 3.09. The monoisotopic (exact) mass is 331 g/mol. The summed E-state index contributed by atoms with van der Waals surface area (Å²) < 4.78 is 6.61. The Morgan fingerprint density at radius 2 is 2.33 bits per heavy atom. The zero-order chi connectivity index (χ0) is 13.0. The van der Waals surface area contributed by atoms with Crippen LogP contribution in [0.4, 0.5) is 5.69 Å². The molecule has 18 heavy (non-hydrogen) atoms. The van der Waals surface area contributed by atoms with Crippen molar-refractivity contribution >= 4 is 33.2 Å². The molecule has 0 saturated carbocycles. The lowest BCUT2D eigenvalue weighted by molar-refractivity contribution is 0.0576. The van der Waals surface area contributed by atoms with E-state index in [0.29, 0.717) is 11.8 Å². The van der Waals surface area contributed by atoms with E-state index in [4.69, 9.17) is 16.3 Å². The molecule has 1 unspecified atom stereocenters. The second kappa shape index (κ2) is 6.78. The number of halogens is 2. The lowest BCUT2D eigenvalue weighted by atomic mass is 10.0. The van der Waals surface area contributed by atoms with Gasteiger partial charge in [0.15, 0.2) is 0 Å². The van der Waals surface area contributed by atoms with E-state index in [1.807, 2.05) is 0 Å². The summed E-state index contributed by atoms with van der Waals surface area (Å²) in [5, 5.41) is 0. The highest BCUT2D eigenvalue weighted by atomic mass is 79.9. The van der Waals surface area contributed by atoms with Gasteiger partial charge in [0, 0.05) is 36.2 Å². The van der Waals surface area contributed by atoms with Crippen LogP contribution in [0, 0.1) is 5.92 Å². The van der Waals surface area contributed by atoms with Gasteiger partial charge in [-0.25, -0.2) is 0 Å². The SMILES string of the molecule is CN(CC1CCCOC1)c1ccc(Br)cc1CCl. The molecule has 2 rings (SSSR count). The average Bonchev–Trinajstić information content (AvgIpc) is 2.39. The van der Waals surface area contributed by atoms with Crippen LogP contribution < -0.4 is 4.90 Å². The number of hydrogen-bond donors (Lipinski definition) is 0. The highest BCUT2D eigenvalue weighted by molar-refractivity contribution is 9.10. The molecule has 0 spiro atoms. The van der Waals surface area contributed by atoms with E-state index in [0.717, 1.165) is 24.2 Å². The summed E-state index contributed by atoms with van der Waals surface area (Å²) in [7, 11) is 2.13. The lowest BCUT2D eigenvalue weighted by Crippen LogP contribution is -2.31. The molecule has 0 radical (unpaired) electrons. The summed E-state index contributed by atoms with van der Waals surface area (Å²) in [5.41, 5.74) is 2.39. The van der Waals surface area contributed by atoms with Gasteiger partial charge in [-0.1, -0.05) is 15.9 Å². The molecule has 4 heteroatoms. The van der Waals surface area contributed by atoms with Gasteiger partial charge in [-0.2, -0.15) is 0 Å². The first-order valence-electron chi connectivity index (χ1n) is 6.34. The summed E-state index contributed by atoms with van der Waals surface area (Å²) >= 11 is 9.51. The maximum Gasteiger partial charge on any atom is 0.0511 e. The van der Waals surface area contributed by atoms with Gasteiger partial charge in [-0.15, -0.1) is 11.6 Å². The van der Waals surface area contributed by atoms with Gasteiger partial charge in [0.1, 0.15) is 0 Å². The van der Waals surface area contributed by atoms with E-state index in [-0.39, 0.29) is 0 Å². The highest BCUT2D eigenvalue weighted by Crippen LogP contribution is 2.27. The first-order chi connectivity index (χ1) is 8.70. The van der Waals surface area contributed by atoms with Gasteiger partial charge >= 0.3 is 0 Å². The molecular weight excluding hydrogens is 314 g/mol. The molecule has 0 N–H and O–H groups in total. The minimum Gasteiger partial charge on any atom is -0.381 e. The quantitative estimate of drug-likeness (QED) is 0.771. The lowest BCUT2D eigenvalue weighted by Gasteiger charge is -2.29. The third-order valence-electron chi connectivity index (χ3n) is 3.38. The number of benzene rings is 1. The van der Waals surface area contributed by atoms with Crippen molar-refractivity contribution < 1.29 is 4.74 Å². The van der Waals surface area contributed by atoms with Crippen molar-refractivity contribution in [3.05, 3.63) is 28.2 Å². The van der Waals surface area contributed by atoms with Crippen molar-refractivity contribution in [2.45, 2.75) is 18.7 Å². The molecule has 2 nitrogen and oxygen atoms in total. The van der Waals surface area contributed by atoms with Crippen LogP contribution >= 0.6 is 27.5 Å². The first-order valence-corrected chi connectivity index (χ1v) is 7.66. The Morgan fingerprint density at radius 1 is 1.50 bits per heavy atom. The van der Waals surface area contributed by atoms with Crippen molar-refractivity contribution in [3.63, 3.8) is 0 Å². The number of hydrogen-bond acceptors (Lipinski definition) is 2. The fraction of sp³-hybridized carbons (Fsp3) is 0.571. The smallest absolute Gasteiger partial charge is 0.0511 e. The summed E-state index contributed by atoms with van der Waals surface area (Å²) in [5.74, 6) is 1.18. The van der Waals surface area contributed by atoms with Crippen LogP contribution in [0.3, 0.4) is 0 Å². The summed E-state index contributed by atoms with van der Waals surface area (Å²) in [6.07, 6.45) is 2.44. The molecule has 100 valence electrons. The van der Waals surface area contributed by atoms with E-state index < -0.39 is 0 Å². The Morgan fingerprint density at radius 3 is 3.00 bits per heavy atom. The van der Waals surface area contributed by atoms with E-state index in [1.54, 1.807) is 0 Å². The Balaban J connectivity index is 2.05. The van der Waals surface area contributed by atoms with Crippen molar-refractivity contribution in [1.29, 1.82) is 0 Å². The van der Waals surface area contributed by atoms with E-state index in [2.05, 4.69) is 46.1 Å². The molecule has 1 aromatic rings. The number of rotatable bonds is 4. The van der Waals surface area contributed by atoms with Gasteiger partial charge in [-0.05, 0) is 42.5 Å². The third-order valence-corrected chi connectivity index (χ3v) is 4.16. The highest BCUT2D eigenvalue weighted by Gasteiger charge is 2.17. The number of alkyl halides is 1. The van der Waals surface area contributed by atoms with Crippen molar-refractivity contribution in [3.8, 4) is 0 Å². The topological polar surface area (TPSA) is 12.5 Å². The maximum atomic E-state index is 6.02. The minimum atomic E-state index is 0.542. The molecule has 1 atom stereocenters. The summed E-state index contributed by atoms with van der Waals surface area (Å²) in [6, 6.07) is 6.29. The first kappa shape index (κ1) is 14.2. The molecule has 1 fully saturated rings. The second-order valence-electron chi connectivity index (χ2n) is 4.87. The minimum absolute atomic E-state index is 0.542. The van der Waals surface area contributed by atoms with Gasteiger partial charge in [-0.3, -0.25) is 0 Å². The summed E-state index contributed by atoms with van der Waals surface area (Å²) in [6.45, 7) is 2.84. The van der Waals surface area contributed by atoms with Crippen LogP contribution in [0.1, 0.15) is 18.4 Å². The molecule has 0 amide bonds. The number of nitrogens with zero attached hydrogens (tertiary/aromatic N) is 1. The van der Waals surface area contributed by atoms with Crippen LogP contribution in [0.15, 0.2) is 22.7 Å². The molecule has 1 heterocycles. The molecule has 1 aromatic carbocycles. The van der Waals surface area contributed by atoms with Crippen LogP contribution in [0.5, 0.6) is 0 Å². The van der Waals surface area contributed by atoms with E-state index in [9.17, 15) is 0 Å². The van der Waals surface area contributed by atoms with E-state index in [1.165, 1.54) is 24.1 Å². The van der Waals surface area contributed by atoms with Gasteiger partial charge < -0.3 is 9.64 Å². The normalized spacial score (nSPS) is 19.8. The molecule has 1 aliphatic heterocycles. The van der Waals surface area contributed by atoms with Gasteiger partial charge in [0.05, 0.1) is 6.61 Å². The fourth-order valence-electron chi connectivity index (χ4n) is 2.47. The number of anilines is 1. The van der Waals surface area contributed by atoms with Gasteiger partial charge in [0.2, 0.25) is 0 Å². The Labute approximate surface area is 122 Å². The van der Waals surface area contributed by atoms with Crippen molar-refractivity contribution in [2.24, 2.45) is 5.92 Å². The largest absolute Gasteiger partial charge is 0.381 e. The van der Waals surface area contributed by atoms with Crippen LogP contribution in [0.2, 0.25) is 0 Å². The van der Waals surface area contributed by atoms with E-state index >= 15 is 0 Å². The average molecular weight is 333 g/mol.